The monoisotopic (exact) mass is 310 g/mol. The molecule has 2 fully saturated rings. The van der Waals surface area contributed by atoms with Crippen LogP contribution in [0.15, 0.2) is 24.5 Å². The average molecular weight is 310 g/mol. The van der Waals surface area contributed by atoms with Crippen molar-refractivity contribution in [2.24, 2.45) is 0 Å². The van der Waals surface area contributed by atoms with Crippen LogP contribution in [-0.4, -0.2) is 66.2 Å². The third-order valence-electron chi connectivity index (χ3n) is 4.18. The molecule has 0 bridgehead atoms. The van der Waals surface area contributed by atoms with Gasteiger partial charge < -0.3 is 0 Å². The normalized spacial score (nSPS) is 22.7. The highest BCUT2D eigenvalue weighted by Crippen LogP contribution is 2.18. The second kappa shape index (κ2) is 6.39. The first-order valence-electron chi connectivity index (χ1n) is 7.53. The highest BCUT2D eigenvalue weighted by molar-refractivity contribution is 7.86. The summed E-state index contributed by atoms with van der Waals surface area (Å²) in [5, 5.41) is 0. The van der Waals surface area contributed by atoms with Crippen molar-refractivity contribution < 1.29 is 8.42 Å². The summed E-state index contributed by atoms with van der Waals surface area (Å²) in [7, 11) is -3.23. The number of pyridine rings is 1. The molecule has 0 aliphatic carbocycles. The SMILES string of the molecule is O=S(=O)(N1CCCC1)N1CCN(Cc2cccnc2)CC1. The van der Waals surface area contributed by atoms with Gasteiger partial charge in [0.15, 0.2) is 0 Å². The Balaban J connectivity index is 1.55. The van der Waals surface area contributed by atoms with Crippen LogP contribution in [0.25, 0.3) is 0 Å². The molecule has 0 unspecified atom stereocenters. The van der Waals surface area contributed by atoms with Crippen LogP contribution >= 0.6 is 0 Å². The van der Waals surface area contributed by atoms with Gasteiger partial charge in [-0.15, -0.1) is 0 Å². The Bertz CT molecular complexity index is 550. The summed E-state index contributed by atoms with van der Waals surface area (Å²) < 4.78 is 28.2. The lowest BCUT2D eigenvalue weighted by atomic mass is 10.2. The maximum absolute atomic E-state index is 12.5. The van der Waals surface area contributed by atoms with E-state index in [0.717, 1.165) is 32.5 Å². The van der Waals surface area contributed by atoms with Gasteiger partial charge in [0.05, 0.1) is 0 Å². The van der Waals surface area contributed by atoms with Gasteiger partial charge in [-0.25, -0.2) is 0 Å². The van der Waals surface area contributed by atoms with E-state index in [1.807, 2.05) is 12.3 Å². The summed E-state index contributed by atoms with van der Waals surface area (Å²) in [6, 6.07) is 3.99. The van der Waals surface area contributed by atoms with Crippen LogP contribution < -0.4 is 0 Å². The molecule has 3 rings (SSSR count). The van der Waals surface area contributed by atoms with Crippen molar-refractivity contribution >= 4 is 10.2 Å². The first-order chi connectivity index (χ1) is 10.2. The van der Waals surface area contributed by atoms with Crippen molar-refractivity contribution in [2.45, 2.75) is 19.4 Å². The average Bonchev–Trinajstić information content (AvgIpc) is 3.04. The molecule has 0 N–H and O–H groups in total. The van der Waals surface area contributed by atoms with E-state index in [4.69, 9.17) is 0 Å². The third kappa shape index (κ3) is 3.42. The van der Waals surface area contributed by atoms with Crippen LogP contribution in [0.1, 0.15) is 18.4 Å². The zero-order valence-electron chi connectivity index (χ0n) is 12.2. The van der Waals surface area contributed by atoms with Crippen LogP contribution in [0.5, 0.6) is 0 Å². The lowest BCUT2D eigenvalue weighted by Gasteiger charge is -2.35. The molecule has 0 spiro atoms. The fourth-order valence-corrected chi connectivity index (χ4v) is 4.62. The molecule has 0 atom stereocenters. The van der Waals surface area contributed by atoms with Crippen molar-refractivity contribution in [3.8, 4) is 0 Å². The molecule has 21 heavy (non-hydrogen) atoms. The number of hydrogen-bond acceptors (Lipinski definition) is 4. The fraction of sp³-hybridized carbons (Fsp3) is 0.643. The Hall–Kier alpha value is -1.02. The van der Waals surface area contributed by atoms with E-state index in [1.165, 1.54) is 5.56 Å². The third-order valence-corrected chi connectivity index (χ3v) is 6.21. The summed E-state index contributed by atoms with van der Waals surface area (Å²) in [5.41, 5.74) is 1.17. The van der Waals surface area contributed by atoms with E-state index < -0.39 is 10.2 Å². The molecular weight excluding hydrogens is 288 g/mol. The lowest BCUT2D eigenvalue weighted by Crippen LogP contribution is -2.52. The maximum Gasteiger partial charge on any atom is 0.282 e. The molecule has 0 radical (unpaired) electrons. The van der Waals surface area contributed by atoms with Gasteiger partial charge in [-0.1, -0.05) is 6.07 Å². The van der Waals surface area contributed by atoms with Gasteiger partial charge in [-0.3, -0.25) is 9.88 Å². The van der Waals surface area contributed by atoms with Gasteiger partial charge in [0, 0.05) is 58.2 Å². The summed E-state index contributed by atoms with van der Waals surface area (Å²) in [5.74, 6) is 0. The Morgan fingerprint density at radius 2 is 1.67 bits per heavy atom. The molecule has 0 amide bonds. The Kier molecular flexibility index (Phi) is 4.54. The predicted molar refractivity (Wildman–Crippen MR) is 80.8 cm³/mol. The quantitative estimate of drug-likeness (QED) is 0.814. The zero-order chi connectivity index (χ0) is 14.7. The summed E-state index contributed by atoms with van der Waals surface area (Å²) in [6.07, 6.45) is 5.61. The first-order valence-corrected chi connectivity index (χ1v) is 8.92. The minimum Gasteiger partial charge on any atom is -0.296 e. The predicted octanol–water partition coefficient (Wildman–Crippen LogP) is 0.540. The summed E-state index contributed by atoms with van der Waals surface area (Å²) in [4.78, 5) is 6.40. The smallest absolute Gasteiger partial charge is 0.282 e. The summed E-state index contributed by atoms with van der Waals surface area (Å²) >= 11 is 0. The lowest BCUT2D eigenvalue weighted by molar-refractivity contribution is 0.176. The molecule has 0 aromatic carbocycles. The van der Waals surface area contributed by atoms with E-state index in [-0.39, 0.29) is 0 Å². The molecule has 116 valence electrons. The van der Waals surface area contributed by atoms with Gasteiger partial charge in [0.1, 0.15) is 0 Å². The minimum atomic E-state index is -3.23. The fourth-order valence-electron chi connectivity index (χ4n) is 2.95. The number of nitrogens with zero attached hydrogens (tertiary/aromatic N) is 4. The van der Waals surface area contributed by atoms with Gasteiger partial charge >= 0.3 is 0 Å². The zero-order valence-corrected chi connectivity index (χ0v) is 13.0. The largest absolute Gasteiger partial charge is 0.296 e. The van der Waals surface area contributed by atoms with Crippen molar-refractivity contribution in [2.75, 3.05) is 39.3 Å². The Morgan fingerprint density at radius 1 is 1.00 bits per heavy atom. The maximum atomic E-state index is 12.5. The standard InChI is InChI=1S/C14H22N4O2S/c19-21(20,17-6-1-2-7-17)18-10-8-16(9-11-18)13-14-4-3-5-15-12-14/h3-5,12H,1-2,6-11,13H2. The number of hydrogen-bond donors (Lipinski definition) is 0. The Morgan fingerprint density at radius 3 is 2.29 bits per heavy atom. The molecule has 7 heteroatoms. The molecule has 1 aromatic heterocycles. The second-order valence-electron chi connectivity index (χ2n) is 5.65. The van der Waals surface area contributed by atoms with Crippen molar-refractivity contribution in [3.05, 3.63) is 30.1 Å². The molecule has 6 nitrogen and oxygen atoms in total. The van der Waals surface area contributed by atoms with Crippen LogP contribution in [0.4, 0.5) is 0 Å². The van der Waals surface area contributed by atoms with Crippen LogP contribution in [0.3, 0.4) is 0 Å². The molecule has 2 aliphatic rings. The van der Waals surface area contributed by atoms with E-state index in [2.05, 4.69) is 16.0 Å². The second-order valence-corrected chi connectivity index (χ2v) is 7.58. The van der Waals surface area contributed by atoms with Crippen LogP contribution in [0, 0.1) is 0 Å². The molecule has 2 aliphatic heterocycles. The molecule has 3 heterocycles. The van der Waals surface area contributed by atoms with Gasteiger partial charge in [-0.2, -0.15) is 17.0 Å². The first kappa shape index (κ1) is 14.9. The van der Waals surface area contributed by atoms with Gasteiger partial charge in [0.25, 0.3) is 10.2 Å². The van der Waals surface area contributed by atoms with Crippen molar-refractivity contribution in [3.63, 3.8) is 0 Å². The number of rotatable bonds is 4. The highest BCUT2D eigenvalue weighted by Gasteiger charge is 2.33. The molecular formula is C14H22N4O2S. The van der Waals surface area contributed by atoms with Crippen LogP contribution in [-0.2, 0) is 16.8 Å². The summed E-state index contributed by atoms with van der Waals surface area (Å²) in [6.45, 7) is 4.92. The number of piperazine rings is 1. The molecule has 1 aromatic rings. The number of aromatic nitrogens is 1. The van der Waals surface area contributed by atoms with Gasteiger partial charge in [0.2, 0.25) is 0 Å². The highest BCUT2D eigenvalue weighted by atomic mass is 32.2. The van der Waals surface area contributed by atoms with E-state index in [9.17, 15) is 8.42 Å². The van der Waals surface area contributed by atoms with E-state index in [0.29, 0.717) is 26.2 Å². The Labute approximate surface area is 126 Å². The molecule has 0 saturated carbocycles. The topological polar surface area (TPSA) is 56.8 Å². The van der Waals surface area contributed by atoms with Crippen molar-refractivity contribution in [1.29, 1.82) is 0 Å². The van der Waals surface area contributed by atoms with E-state index >= 15 is 0 Å². The van der Waals surface area contributed by atoms with E-state index in [1.54, 1.807) is 14.8 Å². The van der Waals surface area contributed by atoms with Crippen molar-refractivity contribution in [1.82, 2.24) is 18.5 Å². The van der Waals surface area contributed by atoms with Crippen LogP contribution in [0.2, 0.25) is 0 Å². The van der Waals surface area contributed by atoms with Gasteiger partial charge in [-0.05, 0) is 24.5 Å². The minimum absolute atomic E-state index is 0.582. The molecule has 2 saturated heterocycles.